The predicted molar refractivity (Wildman–Crippen MR) is 125 cm³/mol. The summed E-state index contributed by atoms with van der Waals surface area (Å²) < 4.78 is 0. The number of fused-ring (bicyclic) bond motifs is 3. The number of phenols is 1. The van der Waals surface area contributed by atoms with Crippen molar-refractivity contribution in [3.05, 3.63) is 52.0 Å². The first-order valence-electron chi connectivity index (χ1n) is 11.5. The van der Waals surface area contributed by atoms with Gasteiger partial charge >= 0.3 is 0 Å². The highest BCUT2D eigenvalue weighted by Gasteiger charge is 2.73. The van der Waals surface area contributed by atoms with Crippen molar-refractivity contribution in [1.29, 1.82) is 0 Å². The maximum atomic E-state index is 13.8. The Balaban J connectivity index is 2.16. The predicted octanol–water partition coefficient (Wildman–Crippen LogP) is 4.08. The molecule has 7 nitrogen and oxygen atoms in total. The van der Waals surface area contributed by atoms with Crippen molar-refractivity contribution in [2.45, 2.75) is 65.9 Å². The summed E-state index contributed by atoms with van der Waals surface area (Å²) in [6, 6.07) is 4.78. The van der Waals surface area contributed by atoms with Crippen molar-refractivity contribution in [3.8, 4) is 5.75 Å². The Kier molecular flexibility index (Phi) is 4.85. The minimum atomic E-state index is -2.60. The third-order valence-electron chi connectivity index (χ3n) is 9.04. The van der Waals surface area contributed by atoms with Crippen LogP contribution in [0.1, 0.15) is 70.8 Å². The number of carbonyl (C=O) groups excluding carboxylic acids is 3. The van der Waals surface area contributed by atoms with E-state index in [0.717, 1.165) is 6.92 Å². The molecule has 1 unspecified atom stereocenters. The van der Waals surface area contributed by atoms with Crippen molar-refractivity contribution < 1.29 is 34.8 Å². The summed E-state index contributed by atoms with van der Waals surface area (Å²) in [7, 11) is 0. The van der Waals surface area contributed by atoms with Crippen LogP contribution in [0.3, 0.4) is 0 Å². The molecular formula is C27H32O7. The van der Waals surface area contributed by atoms with Gasteiger partial charge < -0.3 is 20.4 Å². The molecule has 0 amide bonds. The largest absolute Gasteiger partial charge is 0.511 e. The van der Waals surface area contributed by atoms with E-state index in [1.54, 1.807) is 26.0 Å². The zero-order valence-electron chi connectivity index (χ0n) is 20.6. The Morgan fingerprint density at radius 1 is 1.06 bits per heavy atom. The molecule has 0 radical (unpaired) electrons. The molecule has 0 saturated carbocycles. The lowest BCUT2D eigenvalue weighted by Crippen LogP contribution is -2.69. The van der Waals surface area contributed by atoms with Crippen LogP contribution in [0.25, 0.3) is 0 Å². The van der Waals surface area contributed by atoms with Crippen LogP contribution in [0, 0.1) is 22.7 Å². The molecule has 34 heavy (non-hydrogen) atoms. The summed E-state index contributed by atoms with van der Waals surface area (Å²) >= 11 is 0. The van der Waals surface area contributed by atoms with Crippen molar-refractivity contribution in [2.75, 3.05) is 0 Å². The van der Waals surface area contributed by atoms with Crippen LogP contribution < -0.4 is 0 Å². The van der Waals surface area contributed by atoms with E-state index in [0.29, 0.717) is 5.56 Å². The quantitative estimate of drug-likeness (QED) is 0.481. The lowest BCUT2D eigenvalue weighted by molar-refractivity contribution is -0.174. The molecule has 3 aliphatic rings. The molecule has 0 aliphatic heterocycles. The summed E-state index contributed by atoms with van der Waals surface area (Å²) in [6.45, 7) is 11.9. The fourth-order valence-electron chi connectivity index (χ4n) is 7.12. The van der Waals surface area contributed by atoms with Gasteiger partial charge in [-0.15, -0.1) is 0 Å². The van der Waals surface area contributed by atoms with E-state index in [-0.39, 0.29) is 29.2 Å². The summed E-state index contributed by atoms with van der Waals surface area (Å²) in [5.74, 6) is -5.11. The van der Waals surface area contributed by atoms with Gasteiger partial charge in [0.15, 0.2) is 17.2 Å². The molecule has 0 spiro atoms. The number of benzene rings is 1. The number of Topliss-reactive ketones (excluding diaryl/α,β-unsaturated/α-hetero) is 3. The number of phenolic OH excluding ortho intramolecular Hbond substituents is 1. The lowest BCUT2D eigenvalue weighted by Gasteiger charge is -2.63. The monoisotopic (exact) mass is 468 g/mol. The number of rotatable bonds is 2. The van der Waals surface area contributed by atoms with Gasteiger partial charge in [-0.1, -0.05) is 53.7 Å². The van der Waals surface area contributed by atoms with Gasteiger partial charge in [0.2, 0.25) is 5.78 Å². The Morgan fingerprint density at radius 2 is 1.65 bits per heavy atom. The molecule has 3 aliphatic carbocycles. The number of aliphatic hydroxyl groups is 3. The molecule has 0 heterocycles. The molecule has 182 valence electrons. The molecule has 0 fully saturated rings. The smallest absolute Gasteiger partial charge is 0.209 e. The van der Waals surface area contributed by atoms with Crippen molar-refractivity contribution in [2.24, 2.45) is 22.7 Å². The van der Waals surface area contributed by atoms with Gasteiger partial charge in [0.05, 0.1) is 5.56 Å². The molecule has 0 saturated heterocycles. The Morgan fingerprint density at radius 3 is 2.18 bits per heavy atom. The van der Waals surface area contributed by atoms with E-state index in [1.807, 2.05) is 27.7 Å². The minimum Gasteiger partial charge on any atom is -0.511 e. The summed E-state index contributed by atoms with van der Waals surface area (Å²) in [5, 5.41) is 45.4. The number of aliphatic hydroxyl groups excluding tert-OH is 2. The second-order valence-electron chi connectivity index (χ2n) is 11.4. The van der Waals surface area contributed by atoms with Crippen LogP contribution in [-0.2, 0) is 15.0 Å². The number of allylic oxidation sites excluding steroid dienone is 2. The van der Waals surface area contributed by atoms with Crippen LogP contribution in [0.4, 0.5) is 0 Å². The van der Waals surface area contributed by atoms with Crippen LogP contribution in [0.5, 0.6) is 5.75 Å². The average molecular weight is 469 g/mol. The SMILES string of the molecule is CC(=O)C1=C(O)C(C(C)C)[C@@]2(C)C[C@]3(C)C(=C(O)[C@@]2(O)C1=O)C(=O)c1c(O)cccc1C3(C)C. The third kappa shape index (κ3) is 2.43. The highest BCUT2D eigenvalue weighted by molar-refractivity contribution is 6.25. The summed E-state index contributed by atoms with van der Waals surface area (Å²) in [6.07, 6.45) is 0.0631. The standard InChI is InChI=1S/C27H32O7/c1-12(2)18-20(30)16(13(3)28)22(32)27(34)23(33)19-21(31)17-14(9-8-10-15(17)29)24(4,5)25(19,6)11-26(18,27)7/h8-10,12,18,29-30,33-34H,11H2,1-7H3/t18?,25-,26-,27+/m1/s1. The molecule has 0 bridgehead atoms. The number of hydrogen-bond acceptors (Lipinski definition) is 7. The van der Waals surface area contributed by atoms with E-state index in [1.165, 1.54) is 6.07 Å². The van der Waals surface area contributed by atoms with Gasteiger partial charge in [0.25, 0.3) is 0 Å². The van der Waals surface area contributed by atoms with Gasteiger partial charge in [0, 0.05) is 27.7 Å². The van der Waals surface area contributed by atoms with Crippen LogP contribution in [0.2, 0.25) is 0 Å². The molecule has 4 rings (SSSR count). The number of aromatic hydroxyl groups is 1. The van der Waals surface area contributed by atoms with Crippen LogP contribution in [0.15, 0.2) is 40.9 Å². The highest BCUT2D eigenvalue weighted by Crippen LogP contribution is 2.68. The fourth-order valence-corrected chi connectivity index (χ4v) is 7.12. The summed E-state index contributed by atoms with van der Waals surface area (Å²) in [4.78, 5) is 39.8. The zero-order chi connectivity index (χ0) is 25.8. The van der Waals surface area contributed by atoms with E-state index in [9.17, 15) is 34.8 Å². The normalized spacial score (nSPS) is 34.7. The van der Waals surface area contributed by atoms with E-state index in [2.05, 4.69) is 0 Å². The van der Waals surface area contributed by atoms with E-state index >= 15 is 0 Å². The number of ketones is 3. The van der Waals surface area contributed by atoms with Gasteiger partial charge in [0.1, 0.15) is 22.8 Å². The van der Waals surface area contributed by atoms with Gasteiger partial charge in [-0.25, -0.2) is 0 Å². The maximum absolute atomic E-state index is 13.8. The van der Waals surface area contributed by atoms with Crippen LogP contribution in [-0.4, -0.2) is 43.4 Å². The fraction of sp³-hybridized carbons (Fsp3) is 0.519. The minimum absolute atomic E-state index is 0.0209. The lowest BCUT2D eigenvalue weighted by atomic mass is 9.40. The molecule has 4 atom stereocenters. The first kappa shape index (κ1) is 24.2. The number of hydrogen-bond donors (Lipinski definition) is 4. The molecule has 1 aromatic rings. The third-order valence-corrected chi connectivity index (χ3v) is 9.04. The van der Waals surface area contributed by atoms with Gasteiger partial charge in [-0.05, 0) is 30.9 Å². The highest BCUT2D eigenvalue weighted by atomic mass is 16.3. The molecular weight excluding hydrogens is 436 g/mol. The Hall–Kier alpha value is -2.93. The molecule has 1 aromatic carbocycles. The molecule has 4 N–H and O–H groups in total. The van der Waals surface area contributed by atoms with Crippen molar-refractivity contribution >= 4 is 17.3 Å². The zero-order valence-corrected chi connectivity index (χ0v) is 20.6. The van der Waals surface area contributed by atoms with E-state index in [4.69, 9.17) is 0 Å². The maximum Gasteiger partial charge on any atom is 0.209 e. The average Bonchev–Trinajstić information content (AvgIpc) is 2.69. The first-order valence-corrected chi connectivity index (χ1v) is 11.5. The topological polar surface area (TPSA) is 132 Å². The van der Waals surface area contributed by atoms with Gasteiger partial charge in [-0.3, -0.25) is 14.4 Å². The Labute approximate surface area is 198 Å². The van der Waals surface area contributed by atoms with Crippen LogP contribution >= 0.6 is 0 Å². The molecule has 0 aromatic heterocycles. The second kappa shape index (κ2) is 6.81. The summed E-state index contributed by atoms with van der Waals surface area (Å²) in [5.41, 5.74) is -6.00. The molecule has 7 heteroatoms. The van der Waals surface area contributed by atoms with Crippen molar-refractivity contribution in [1.82, 2.24) is 0 Å². The van der Waals surface area contributed by atoms with Crippen molar-refractivity contribution in [3.63, 3.8) is 0 Å². The first-order chi connectivity index (χ1) is 15.5. The Bertz CT molecular complexity index is 1230. The van der Waals surface area contributed by atoms with E-state index < -0.39 is 62.2 Å². The van der Waals surface area contributed by atoms with Gasteiger partial charge in [-0.2, -0.15) is 0 Å². The number of carbonyl (C=O) groups is 3. The second-order valence-corrected chi connectivity index (χ2v) is 11.4.